The van der Waals surface area contributed by atoms with Gasteiger partial charge in [-0.05, 0) is 18.1 Å². The molecule has 5 nitrogen and oxygen atoms in total. The quantitative estimate of drug-likeness (QED) is 0.704. The summed E-state index contributed by atoms with van der Waals surface area (Å²) in [5.74, 6) is 1.48. The highest BCUT2D eigenvalue weighted by atomic mass is 16.2. The molecule has 0 spiro atoms. The van der Waals surface area contributed by atoms with Crippen molar-refractivity contribution in [2.24, 2.45) is 5.92 Å². The third-order valence-corrected chi connectivity index (χ3v) is 4.12. The summed E-state index contributed by atoms with van der Waals surface area (Å²) in [5, 5.41) is 3.31. The Morgan fingerprint density at radius 3 is 2.26 bits per heavy atom. The smallest absolute Gasteiger partial charge is 0.276 e. The molecule has 0 fully saturated rings. The van der Waals surface area contributed by atoms with Crippen LogP contribution in [0.25, 0.3) is 11.4 Å². The lowest BCUT2D eigenvalue weighted by molar-refractivity contribution is 0.0988. The van der Waals surface area contributed by atoms with Crippen LogP contribution in [0.5, 0.6) is 0 Å². The lowest BCUT2D eigenvalue weighted by Crippen LogP contribution is -2.27. The highest BCUT2D eigenvalue weighted by Gasteiger charge is 2.18. The molecular weight excluding hydrogens is 336 g/mol. The Morgan fingerprint density at radius 2 is 1.63 bits per heavy atom. The molecule has 1 heterocycles. The largest absolute Gasteiger partial charge is 0.370 e. The summed E-state index contributed by atoms with van der Waals surface area (Å²) in [5.41, 5.74) is 2.06. The molecular formula is C22H24N4O. The molecule has 1 N–H and O–H groups in total. The van der Waals surface area contributed by atoms with Gasteiger partial charge in [-0.25, -0.2) is 9.97 Å². The van der Waals surface area contributed by atoms with Gasteiger partial charge in [-0.3, -0.25) is 4.79 Å². The molecule has 0 aliphatic heterocycles. The van der Waals surface area contributed by atoms with E-state index < -0.39 is 0 Å². The van der Waals surface area contributed by atoms with E-state index in [1.807, 2.05) is 60.7 Å². The highest BCUT2D eigenvalue weighted by molar-refractivity contribution is 6.05. The van der Waals surface area contributed by atoms with Gasteiger partial charge in [-0.2, -0.15) is 0 Å². The number of nitrogens with one attached hydrogen (secondary N) is 1. The van der Waals surface area contributed by atoms with E-state index in [9.17, 15) is 4.79 Å². The summed E-state index contributed by atoms with van der Waals surface area (Å²) in [7, 11) is 1.75. The fourth-order valence-corrected chi connectivity index (χ4v) is 2.61. The summed E-state index contributed by atoms with van der Waals surface area (Å²) < 4.78 is 0. The average Bonchev–Trinajstić information content (AvgIpc) is 2.72. The normalized spacial score (nSPS) is 10.7. The second-order valence-corrected chi connectivity index (χ2v) is 6.80. The van der Waals surface area contributed by atoms with Crippen LogP contribution >= 0.6 is 0 Å². The molecule has 0 aliphatic rings. The fraction of sp³-hybridized carbons (Fsp3) is 0.227. The van der Waals surface area contributed by atoms with Crippen LogP contribution in [-0.4, -0.2) is 29.5 Å². The van der Waals surface area contributed by atoms with Crippen molar-refractivity contribution in [1.29, 1.82) is 0 Å². The molecule has 0 aliphatic carbocycles. The molecule has 0 saturated carbocycles. The molecule has 138 valence electrons. The van der Waals surface area contributed by atoms with Crippen molar-refractivity contribution in [1.82, 2.24) is 9.97 Å². The van der Waals surface area contributed by atoms with Crippen LogP contribution in [0.4, 0.5) is 11.5 Å². The first-order chi connectivity index (χ1) is 13.0. The van der Waals surface area contributed by atoms with Crippen LogP contribution in [0.3, 0.4) is 0 Å². The third kappa shape index (κ3) is 4.70. The maximum absolute atomic E-state index is 13.0. The first-order valence-electron chi connectivity index (χ1n) is 9.06. The molecule has 0 bridgehead atoms. The van der Waals surface area contributed by atoms with Crippen LogP contribution in [0.2, 0.25) is 0 Å². The van der Waals surface area contributed by atoms with E-state index in [1.54, 1.807) is 18.0 Å². The van der Waals surface area contributed by atoms with Crippen molar-refractivity contribution < 1.29 is 4.79 Å². The number of para-hydroxylation sites is 1. The van der Waals surface area contributed by atoms with E-state index in [0.717, 1.165) is 17.8 Å². The van der Waals surface area contributed by atoms with Gasteiger partial charge in [0.1, 0.15) is 11.5 Å². The summed E-state index contributed by atoms with van der Waals surface area (Å²) in [6, 6.07) is 20.9. The minimum absolute atomic E-state index is 0.173. The molecule has 1 amide bonds. The molecule has 3 rings (SSSR count). The standard InChI is InChI=1S/C22H24N4O/c1-16(2)15-23-20-14-19(22(27)26(3)18-12-8-5-9-13-18)24-21(25-20)17-10-6-4-7-11-17/h4-14,16H,15H2,1-3H3,(H,23,24,25). The predicted octanol–water partition coefficient (Wildman–Crippen LogP) is 4.49. The van der Waals surface area contributed by atoms with Gasteiger partial charge in [0.25, 0.3) is 5.91 Å². The Kier molecular flexibility index (Phi) is 5.81. The zero-order valence-electron chi connectivity index (χ0n) is 15.9. The highest BCUT2D eigenvalue weighted by Crippen LogP contribution is 2.20. The maximum Gasteiger partial charge on any atom is 0.276 e. The topological polar surface area (TPSA) is 58.1 Å². The lowest BCUT2D eigenvalue weighted by atomic mass is 10.2. The van der Waals surface area contributed by atoms with Crippen LogP contribution in [-0.2, 0) is 0 Å². The zero-order valence-corrected chi connectivity index (χ0v) is 15.9. The Bertz CT molecular complexity index is 895. The third-order valence-electron chi connectivity index (χ3n) is 4.12. The fourth-order valence-electron chi connectivity index (χ4n) is 2.61. The van der Waals surface area contributed by atoms with Crippen molar-refractivity contribution >= 4 is 17.4 Å². The van der Waals surface area contributed by atoms with E-state index in [-0.39, 0.29) is 5.91 Å². The van der Waals surface area contributed by atoms with Gasteiger partial charge >= 0.3 is 0 Å². The van der Waals surface area contributed by atoms with Crippen LogP contribution < -0.4 is 10.2 Å². The molecule has 27 heavy (non-hydrogen) atoms. The first kappa shape index (κ1) is 18.6. The number of amides is 1. The number of rotatable bonds is 6. The summed E-state index contributed by atoms with van der Waals surface area (Å²) >= 11 is 0. The van der Waals surface area contributed by atoms with Gasteiger partial charge in [-0.1, -0.05) is 62.4 Å². The van der Waals surface area contributed by atoms with E-state index in [4.69, 9.17) is 0 Å². The number of anilines is 2. The predicted molar refractivity (Wildman–Crippen MR) is 110 cm³/mol. The first-order valence-corrected chi connectivity index (χ1v) is 9.06. The lowest BCUT2D eigenvalue weighted by Gasteiger charge is -2.18. The number of nitrogens with zero attached hydrogens (tertiary/aromatic N) is 3. The van der Waals surface area contributed by atoms with Crippen molar-refractivity contribution in [2.75, 3.05) is 23.8 Å². The Hall–Kier alpha value is -3.21. The number of carbonyl (C=O) groups excluding carboxylic acids is 1. The number of hydrogen-bond donors (Lipinski definition) is 1. The minimum Gasteiger partial charge on any atom is -0.370 e. The van der Waals surface area contributed by atoms with Gasteiger partial charge in [0.15, 0.2) is 5.82 Å². The summed E-state index contributed by atoms with van der Waals surface area (Å²) in [4.78, 5) is 23.8. The van der Waals surface area contributed by atoms with Crippen molar-refractivity contribution in [3.8, 4) is 11.4 Å². The SMILES string of the molecule is CC(C)CNc1cc(C(=O)N(C)c2ccccc2)nc(-c2ccccc2)n1. The molecule has 0 saturated heterocycles. The van der Waals surface area contributed by atoms with Gasteiger partial charge in [0.05, 0.1) is 0 Å². The van der Waals surface area contributed by atoms with Gasteiger partial charge in [-0.15, -0.1) is 0 Å². The number of benzene rings is 2. The van der Waals surface area contributed by atoms with Crippen LogP contribution in [0.1, 0.15) is 24.3 Å². The summed E-state index contributed by atoms with van der Waals surface area (Å²) in [6.07, 6.45) is 0. The van der Waals surface area contributed by atoms with E-state index >= 15 is 0 Å². The van der Waals surface area contributed by atoms with Crippen LogP contribution in [0, 0.1) is 5.92 Å². The molecule has 2 aromatic carbocycles. The number of hydrogen-bond acceptors (Lipinski definition) is 4. The van der Waals surface area contributed by atoms with Crippen molar-refractivity contribution in [3.05, 3.63) is 72.4 Å². The Morgan fingerprint density at radius 1 is 1.00 bits per heavy atom. The minimum atomic E-state index is -0.173. The van der Waals surface area contributed by atoms with E-state index in [0.29, 0.717) is 23.3 Å². The van der Waals surface area contributed by atoms with Gasteiger partial charge in [0, 0.05) is 30.9 Å². The Balaban J connectivity index is 1.97. The summed E-state index contributed by atoms with van der Waals surface area (Å²) in [6.45, 7) is 5.02. The molecule has 3 aromatic rings. The molecule has 0 radical (unpaired) electrons. The monoisotopic (exact) mass is 360 g/mol. The van der Waals surface area contributed by atoms with Crippen molar-refractivity contribution in [2.45, 2.75) is 13.8 Å². The van der Waals surface area contributed by atoms with Crippen LogP contribution in [0.15, 0.2) is 66.7 Å². The molecule has 0 atom stereocenters. The Labute approximate surface area is 160 Å². The number of aromatic nitrogens is 2. The molecule has 0 unspecified atom stereocenters. The zero-order chi connectivity index (χ0) is 19.2. The number of carbonyl (C=O) groups is 1. The van der Waals surface area contributed by atoms with Crippen molar-refractivity contribution in [3.63, 3.8) is 0 Å². The van der Waals surface area contributed by atoms with E-state index in [2.05, 4.69) is 29.1 Å². The average molecular weight is 360 g/mol. The molecule has 5 heteroatoms. The second-order valence-electron chi connectivity index (χ2n) is 6.80. The van der Waals surface area contributed by atoms with E-state index in [1.165, 1.54) is 0 Å². The second kappa shape index (κ2) is 8.45. The van der Waals surface area contributed by atoms with Gasteiger partial charge in [0.2, 0.25) is 0 Å². The maximum atomic E-state index is 13.0. The van der Waals surface area contributed by atoms with Gasteiger partial charge < -0.3 is 10.2 Å². The molecule has 1 aromatic heterocycles.